The normalized spacial score (nSPS) is 10.8. The number of nitrogens with zero attached hydrogens (tertiary/aromatic N) is 2. The summed E-state index contributed by atoms with van der Waals surface area (Å²) < 4.78 is 15.5. The van der Waals surface area contributed by atoms with E-state index in [2.05, 4.69) is 19.4 Å². The van der Waals surface area contributed by atoms with Gasteiger partial charge in [-0.1, -0.05) is 5.16 Å². The van der Waals surface area contributed by atoms with E-state index in [1.807, 2.05) is 0 Å². The Kier molecular flexibility index (Phi) is 6.86. The van der Waals surface area contributed by atoms with Crippen molar-refractivity contribution in [3.05, 3.63) is 5.82 Å². The third-order valence-corrected chi connectivity index (χ3v) is 1.96. The number of aromatic amines is 1. The molecule has 0 saturated carbocycles. The van der Waals surface area contributed by atoms with Crippen LogP contribution in [0.4, 0.5) is 9.52 Å². The lowest BCUT2D eigenvalue weighted by atomic mass is 10.4. The number of aromatic nitrogens is 2. The third kappa shape index (κ3) is 4.25. The van der Waals surface area contributed by atoms with Crippen LogP contribution in [0.25, 0.3) is 0 Å². The van der Waals surface area contributed by atoms with Crippen molar-refractivity contribution in [2.24, 2.45) is 5.16 Å². The highest BCUT2D eigenvalue weighted by molar-refractivity contribution is 7.09. The Hall–Kier alpha value is -0.990. The average molecular weight is 289 g/mol. The Morgan fingerprint density at radius 3 is 2.88 bits per heavy atom. The molecule has 16 heavy (non-hydrogen) atoms. The van der Waals surface area contributed by atoms with E-state index in [0.29, 0.717) is 5.13 Å². The van der Waals surface area contributed by atoms with Gasteiger partial charge in [0.2, 0.25) is 5.71 Å². The van der Waals surface area contributed by atoms with Gasteiger partial charge in [0.05, 0.1) is 0 Å². The molecule has 1 heterocycles. The monoisotopic (exact) mass is 288 g/mol. The van der Waals surface area contributed by atoms with Crippen molar-refractivity contribution in [2.75, 3.05) is 19.0 Å². The van der Waals surface area contributed by atoms with Gasteiger partial charge in [-0.3, -0.25) is 4.79 Å². The van der Waals surface area contributed by atoms with E-state index in [0.717, 1.165) is 11.5 Å². The Bertz CT molecular complexity index is 386. The predicted octanol–water partition coefficient (Wildman–Crippen LogP) is -3.00. The van der Waals surface area contributed by atoms with Gasteiger partial charge in [0.1, 0.15) is 24.8 Å². The summed E-state index contributed by atoms with van der Waals surface area (Å²) >= 11 is 6.17. The van der Waals surface area contributed by atoms with Crippen LogP contribution in [0.2, 0.25) is 0 Å². The minimum atomic E-state index is -0.865. The van der Waals surface area contributed by atoms with Crippen molar-refractivity contribution < 1.29 is 31.4 Å². The molecule has 0 saturated heterocycles. The molecule has 1 rings (SSSR count). The van der Waals surface area contributed by atoms with E-state index in [-0.39, 0.29) is 30.6 Å². The van der Waals surface area contributed by atoms with E-state index in [1.54, 1.807) is 0 Å². The standard InChI is InChI=1S/C6H6ClFN4O2S.ClH/c7-4(13)3(11-14-2-1-8)5-10-6(9)15-12-5;/h1-2H2,(H2,9,10,12);1H. The number of carbonyl (C=O) groups excluding carboxylic acids is 1. The van der Waals surface area contributed by atoms with Crippen molar-refractivity contribution in [2.45, 2.75) is 0 Å². The van der Waals surface area contributed by atoms with Gasteiger partial charge < -0.3 is 23.0 Å². The summed E-state index contributed by atoms with van der Waals surface area (Å²) in [5.74, 6) is 0.0939. The number of hydrogen-bond acceptors (Lipinski definition) is 6. The van der Waals surface area contributed by atoms with Crippen LogP contribution in [0.1, 0.15) is 5.82 Å². The molecule has 1 aromatic heterocycles. The number of carbonyl (C=O) groups is 1. The van der Waals surface area contributed by atoms with Crippen LogP contribution in [0, 0.1) is 0 Å². The molecule has 90 valence electrons. The molecule has 1 aromatic rings. The minimum absolute atomic E-state index is 0. The van der Waals surface area contributed by atoms with Gasteiger partial charge >= 0.3 is 11.0 Å². The van der Waals surface area contributed by atoms with Gasteiger partial charge in [-0.2, -0.15) is 0 Å². The molecule has 6 nitrogen and oxygen atoms in total. The summed E-state index contributed by atoms with van der Waals surface area (Å²) in [6.45, 7) is -0.969. The van der Waals surface area contributed by atoms with Crippen LogP contribution < -0.4 is 23.1 Å². The number of hydrogen-bond donors (Lipinski definition) is 1. The highest BCUT2D eigenvalue weighted by atomic mass is 35.5. The number of halogens is 3. The molecule has 0 atom stereocenters. The molecular formula is C6H7Cl2FN4O2S. The number of nitrogens with one attached hydrogen (secondary N) is 1. The maximum atomic E-state index is 11.7. The summed E-state index contributed by atoms with van der Waals surface area (Å²) in [5, 5.41) is 2.78. The van der Waals surface area contributed by atoms with Crippen molar-refractivity contribution in [1.82, 2.24) is 4.37 Å². The Balaban J connectivity index is 0.00000225. The molecule has 0 radical (unpaired) electrons. The molecule has 0 aliphatic heterocycles. The number of oxime groups is 1. The molecule has 0 unspecified atom stereocenters. The second-order valence-electron chi connectivity index (χ2n) is 2.26. The summed E-state index contributed by atoms with van der Waals surface area (Å²) in [5.41, 5.74) is 5.12. The number of anilines is 1. The quantitative estimate of drug-likeness (QED) is 0.271. The Morgan fingerprint density at radius 1 is 1.75 bits per heavy atom. The topological polar surface area (TPSA) is 91.7 Å². The molecule has 3 N–H and O–H groups in total. The lowest BCUT2D eigenvalue weighted by molar-refractivity contribution is -0.359. The molecule has 0 bridgehead atoms. The SMILES string of the molecule is Nc1[nH+]c(C(=NOCCF)C(=O)Cl)ns1.[Cl-]. The first kappa shape index (κ1) is 15.0. The summed E-state index contributed by atoms with van der Waals surface area (Å²) in [4.78, 5) is 18.0. The van der Waals surface area contributed by atoms with Crippen LogP contribution in [0.15, 0.2) is 5.16 Å². The highest BCUT2D eigenvalue weighted by Crippen LogP contribution is 2.03. The van der Waals surface area contributed by atoms with Crippen molar-refractivity contribution >= 4 is 39.2 Å². The third-order valence-electron chi connectivity index (χ3n) is 1.21. The Labute approximate surface area is 105 Å². The molecule has 0 aliphatic rings. The fraction of sp³-hybridized carbons (Fsp3) is 0.333. The molecule has 0 amide bonds. The van der Waals surface area contributed by atoms with Crippen molar-refractivity contribution in [3.63, 3.8) is 0 Å². The second kappa shape index (κ2) is 7.31. The van der Waals surface area contributed by atoms with Crippen molar-refractivity contribution in [3.8, 4) is 0 Å². The number of nitrogens with two attached hydrogens (primary N) is 1. The van der Waals surface area contributed by atoms with E-state index in [4.69, 9.17) is 17.3 Å². The van der Waals surface area contributed by atoms with E-state index in [9.17, 15) is 9.18 Å². The van der Waals surface area contributed by atoms with Gasteiger partial charge in [-0.05, 0) is 16.0 Å². The Morgan fingerprint density at radius 2 is 2.44 bits per heavy atom. The van der Waals surface area contributed by atoms with Gasteiger partial charge in [-0.25, -0.2) is 9.37 Å². The number of nitrogen functional groups attached to an aromatic ring is 1. The smallest absolute Gasteiger partial charge is 0.309 e. The average Bonchev–Trinajstić information content (AvgIpc) is 2.59. The number of rotatable bonds is 5. The van der Waals surface area contributed by atoms with E-state index >= 15 is 0 Å². The van der Waals surface area contributed by atoms with Gasteiger partial charge in [0.15, 0.2) is 0 Å². The predicted molar refractivity (Wildman–Crippen MR) is 52.4 cm³/mol. The van der Waals surface area contributed by atoms with Gasteiger partial charge in [-0.15, -0.1) is 0 Å². The lowest BCUT2D eigenvalue weighted by Gasteiger charge is -1.94. The molecular weight excluding hydrogens is 282 g/mol. The van der Waals surface area contributed by atoms with Gasteiger partial charge in [0, 0.05) is 0 Å². The number of alkyl halides is 1. The minimum Gasteiger partial charge on any atom is -1.00 e. The fourth-order valence-electron chi connectivity index (χ4n) is 0.676. The summed E-state index contributed by atoms with van der Waals surface area (Å²) in [6.07, 6.45) is 0. The van der Waals surface area contributed by atoms with Gasteiger partial charge in [0.25, 0.3) is 5.24 Å². The maximum absolute atomic E-state index is 11.7. The first-order valence-electron chi connectivity index (χ1n) is 3.75. The van der Waals surface area contributed by atoms with E-state index in [1.165, 1.54) is 0 Å². The zero-order chi connectivity index (χ0) is 11.3. The van der Waals surface area contributed by atoms with E-state index < -0.39 is 11.9 Å². The van der Waals surface area contributed by atoms with Crippen LogP contribution in [0.3, 0.4) is 0 Å². The molecule has 0 aliphatic carbocycles. The number of H-pyrrole nitrogens is 1. The zero-order valence-electron chi connectivity index (χ0n) is 7.74. The zero-order valence-corrected chi connectivity index (χ0v) is 10.1. The highest BCUT2D eigenvalue weighted by Gasteiger charge is 2.22. The fourth-order valence-corrected chi connectivity index (χ4v) is 1.26. The molecule has 0 spiro atoms. The molecule has 0 aromatic carbocycles. The molecule has 10 heteroatoms. The van der Waals surface area contributed by atoms with Crippen LogP contribution in [0.5, 0.6) is 0 Å². The maximum Gasteiger partial charge on any atom is 0.309 e. The summed E-state index contributed by atoms with van der Waals surface area (Å²) in [7, 11) is 0. The first-order valence-corrected chi connectivity index (χ1v) is 4.91. The largest absolute Gasteiger partial charge is 1.00 e. The summed E-state index contributed by atoms with van der Waals surface area (Å²) in [6, 6.07) is 0. The van der Waals surface area contributed by atoms with Crippen LogP contribution >= 0.6 is 23.1 Å². The van der Waals surface area contributed by atoms with Crippen LogP contribution in [-0.2, 0) is 9.63 Å². The first-order chi connectivity index (χ1) is 7.15. The van der Waals surface area contributed by atoms with Crippen LogP contribution in [-0.4, -0.2) is 28.6 Å². The van der Waals surface area contributed by atoms with Crippen molar-refractivity contribution in [1.29, 1.82) is 0 Å². The molecule has 0 fully saturated rings. The lowest BCUT2D eigenvalue weighted by Crippen LogP contribution is -3.00. The second-order valence-corrected chi connectivity index (χ2v) is 3.40.